The fourth-order valence-electron chi connectivity index (χ4n) is 3.86. The van der Waals surface area contributed by atoms with Gasteiger partial charge < -0.3 is 5.32 Å². The van der Waals surface area contributed by atoms with Crippen LogP contribution in [-0.2, 0) is 0 Å². The van der Waals surface area contributed by atoms with Gasteiger partial charge in [0.05, 0.1) is 0 Å². The number of nitrogens with one attached hydrogen (secondary N) is 1. The molecule has 1 atom stereocenters. The van der Waals surface area contributed by atoms with Crippen molar-refractivity contribution in [2.75, 3.05) is 13.1 Å². The maximum absolute atomic E-state index is 3.74. The summed E-state index contributed by atoms with van der Waals surface area (Å²) in [7, 11) is 0. The molecule has 0 amide bonds. The molecule has 1 heteroatoms. The summed E-state index contributed by atoms with van der Waals surface area (Å²) in [6.07, 6.45) is 15.5. The maximum Gasteiger partial charge on any atom is 0.00196 e. The molecular formula is C18H33N. The molecule has 0 saturated heterocycles. The first-order valence-corrected chi connectivity index (χ1v) is 8.67. The molecule has 1 unspecified atom stereocenters. The van der Waals surface area contributed by atoms with Crippen LogP contribution in [0.15, 0.2) is 11.6 Å². The van der Waals surface area contributed by atoms with Gasteiger partial charge in [-0.15, -0.1) is 0 Å². The molecule has 1 nitrogen and oxygen atoms in total. The van der Waals surface area contributed by atoms with Crippen LogP contribution in [0.3, 0.4) is 0 Å². The molecule has 0 aromatic heterocycles. The van der Waals surface area contributed by atoms with Gasteiger partial charge in [0.15, 0.2) is 0 Å². The van der Waals surface area contributed by atoms with Crippen LogP contribution < -0.4 is 5.32 Å². The van der Waals surface area contributed by atoms with Crippen molar-refractivity contribution in [2.45, 2.75) is 71.6 Å². The normalized spacial score (nSPS) is 23.4. The lowest BCUT2D eigenvalue weighted by atomic mass is 9.74. The lowest BCUT2D eigenvalue weighted by molar-refractivity contribution is 0.261. The van der Waals surface area contributed by atoms with E-state index in [2.05, 4.69) is 25.2 Å². The zero-order chi connectivity index (χ0) is 13.5. The van der Waals surface area contributed by atoms with Gasteiger partial charge in [0.25, 0.3) is 0 Å². The van der Waals surface area contributed by atoms with Crippen molar-refractivity contribution in [3.05, 3.63) is 11.6 Å². The Morgan fingerprint density at radius 1 is 1.05 bits per heavy atom. The van der Waals surface area contributed by atoms with Crippen LogP contribution in [0, 0.1) is 17.8 Å². The van der Waals surface area contributed by atoms with E-state index in [-0.39, 0.29) is 0 Å². The SMILES string of the molecule is CC(C)CNCC(C1=CCCCC1)C1CCCCC1. The number of allylic oxidation sites excluding steroid dienone is 1. The van der Waals surface area contributed by atoms with Crippen LogP contribution in [-0.4, -0.2) is 13.1 Å². The maximum atomic E-state index is 3.74. The van der Waals surface area contributed by atoms with Crippen molar-refractivity contribution < 1.29 is 0 Å². The highest BCUT2D eigenvalue weighted by atomic mass is 14.9. The largest absolute Gasteiger partial charge is 0.316 e. The van der Waals surface area contributed by atoms with Gasteiger partial charge in [-0.1, -0.05) is 44.8 Å². The summed E-state index contributed by atoms with van der Waals surface area (Å²) in [4.78, 5) is 0. The van der Waals surface area contributed by atoms with E-state index in [4.69, 9.17) is 0 Å². The number of hydrogen-bond donors (Lipinski definition) is 1. The predicted molar refractivity (Wildman–Crippen MR) is 84.3 cm³/mol. The van der Waals surface area contributed by atoms with Gasteiger partial charge in [-0.05, 0) is 62.8 Å². The Morgan fingerprint density at radius 3 is 2.47 bits per heavy atom. The molecule has 0 heterocycles. The van der Waals surface area contributed by atoms with Gasteiger partial charge >= 0.3 is 0 Å². The molecule has 0 aromatic rings. The molecule has 0 aromatic carbocycles. The van der Waals surface area contributed by atoms with Crippen molar-refractivity contribution in [2.24, 2.45) is 17.8 Å². The second-order valence-electron chi connectivity index (χ2n) is 7.08. The number of hydrogen-bond acceptors (Lipinski definition) is 1. The Labute approximate surface area is 120 Å². The van der Waals surface area contributed by atoms with Crippen LogP contribution in [0.5, 0.6) is 0 Å². The van der Waals surface area contributed by atoms with Crippen LogP contribution in [0.2, 0.25) is 0 Å². The Morgan fingerprint density at radius 2 is 1.84 bits per heavy atom. The molecule has 2 aliphatic rings. The summed E-state index contributed by atoms with van der Waals surface area (Å²) in [5.74, 6) is 2.59. The molecule has 2 rings (SSSR count). The van der Waals surface area contributed by atoms with E-state index in [1.165, 1.54) is 70.9 Å². The topological polar surface area (TPSA) is 12.0 Å². The standard InChI is InChI=1S/C18H33N/c1-15(2)13-19-14-18(16-9-5-3-6-10-16)17-11-7-4-8-12-17/h9,15,17-19H,3-8,10-14H2,1-2H3. The molecule has 110 valence electrons. The van der Waals surface area contributed by atoms with Crippen LogP contribution in [0.25, 0.3) is 0 Å². The van der Waals surface area contributed by atoms with Gasteiger partial charge in [-0.25, -0.2) is 0 Å². The zero-order valence-corrected chi connectivity index (χ0v) is 13.1. The Kier molecular flexibility index (Phi) is 6.43. The molecule has 0 radical (unpaired) electrons. The average molecular weight is 263 g/mol. The highest BCUT2D eigenvalue weighted by Crippen LogP contribution is 2.36. The van der Waals surface area contributed by atoms with Crippen molar-refractivity contribution in [1.82, 2.24) is 5.32 Å². The minimum Gasteiger partial charge on any atom is -0.316 e. The molecule has 19 heavy (non-hydrogen) atoms. The lowest BCUT2D eigenvalue weighted by Crippen LogP contribution is -2.33. The number of rotatable bonds is 6. The van der Waals surface area contributed by atoms with Gasteiger partial charge in [-0.3, -0.25) is 0 Å². The smallest absolute Gasteiger partial charge is 0.00196 e. The summed E-state index contributed by atoms with van der Waals surface area (Å²) in [6, 6.07) is 0. The van der Waals surface area contributed by atoms with Crippen LogP contribution >= 0.6 is 0 Å². The van der Waals surface area contributed by atoms with E-state index in [9.17, 15) is 0 Å². The molecule has 1 saturated carbocycles. The second kappa shape index (κ2) is 8.09. The highest BCUT2D eigenvalue weighted by molar-refractivity contribution is 5.12. The molecule has 2 aliphatic carbocycles. The van der Waals surface area contributed by atoms with E-state index in [0.717, 1.165) is 17.8 Å². The van der Waals surface area contributed by atoms with Crippen molar-refractivity contribution >= 4 is 0 Å². The van der Waals surface area contributed by atoms with Crippen LogP contribution in [0.4, 0.5) is 0 Å². The highest BCUT2D eigenvalue weighted by Gasteiger charge is 2.26. The predicted octanol–water partition coefficient (Wildman–Crippen LogP) is 4.93. The fraction of sp³-hybridized carbons (Fsp3) is 0.889. The van der Waals surface area contributed by atoms with E-state index in [0.29, 0.717) is 0 Å². The van der Waals surface area contributed by atoms with Gasteiger partial charge in [0.1, 0.15) is 0 Å². The van der Waals surface area contributed by atoms with Crippen molar-refractivity contribution in [3.63, 3.8) is 0 Å². The van der Waals surface area contributed by atoms with E-state index >= 15 is 0 Å². The molecular weight excluding hydrogens is 230 g/mol. The monoisotopic (exact) mass is 263 g/mol. The van der Waals surface area contributed by atoms with Crippen molar-refractivity contribution in [3.8, 4) is 0 Å². The van der Waals surface area contributed by atoms with Crippen LogP contribution in [0.1, 0.15) is 71.6 Å². The third-order valence-corrected chi connectivity index (χ3v) is 4.94. The molecule has 1 fully saturated rings. The van der Waals surface area contributed by atoms with Gasteiger partial charge in [0, 0.05) is 6.54 Å². The van der Waals surface area contributed by atoms with Gasteiger partial charge in [0.2, 0.25) is 0 Å². The molecule has 0 bridgehead atoms. The summed E-state index contributed by atoms with van der Waals surface area (Å²) in [5.41, 5.74) is 1.80. The van der Waals surface area contributed by atoms with E-state index in [1.807, 2.05) is 0 Å². The quantitative estimate of drug-likeness (QED) is 0.670. The average Bonchev–Trinajstić information content (AvgIpc) is 2.45. The Hall–Kier alpha value is -0.300. The summed E-state index contributed by atoms with van der Waals surface area (Å²) in [5, 5.41) is 3.74. The molecule has 0 spiro atoms. The summed E-state index contributed by atoms with van der Waals surface area (Å²) in [6.45, 7) is 7.02. The minimum absolute atomic E-state index is 0.771. The summed E-state index contributed by atoms with van der Waals surface area (Å²) < 4.78 is 0. The Bertz CT molecular complexity index is 273. The third-order valence-electron chi connectivity index (χ3n) is 4.94. The Balaban J connectivity index is 1.92. The van der Waals surface area contributed by atoms with E-state index in [1.54, 1.807) is 5.57 Å². The second-order valence-corrected chi connectivity index (χ2v) is 7.08. The summed E-state index contributed by atoms with van der Waals surface area (Å²) >= 11 is 0. The molecule has 0 aliphatic heterocycles. The third kappa shape index (κ3) is 4.95. The van der Waals surface area contributed by atoms with E-state index < -0.39 is 0 Å². The molecule has 1 N–H and O–H groups in total. The van der Waals surface area contributed by atoms with Gasteiger partial charge in [-0.2, -0.15) is 0 Å². The first-order valence-electron chi connectivity index (χ1n) is 8.67. The van der Waals surface area contributed by atoms with Crippen molar-refractivity contribution in [1.29, 1.82) is 0 Å². The first-order chi connectivity index (χ1) is 9.27. The minimum atomic E-state index is 0.771. The first kappa shape index (κ1) is 15.1. The lowest BCUT2D eigenvalue weighted by Gasteiger charge is -2.34. The zero-order valence-electron chi connectivity index (χ0n) is 13.1. The fourth-order valence-corrected chi connectivity index (χ4v) is 3.86.